The molecule has 1 unspecified atom stereocenters. The SMILES string of the molecule is Cc1cc(Nc2nn3c(=O)c4ncsc4cc3s2)cc(C(=O)NC(C)Cc2ccccc2)c1. The normalized spacial score (nSPS) is 12.2. The molecule has 0 bridgehead atoms. The van der Waals surface area contributed by atoms with Crippen molar-refractivity contribution in [3.8, 4) is 0 Å². The minimum Gasteiger partial charge on any atom is -0.349 e. The van der Waals surface area contributed by atoms with Crippen LogP contribution in [0.5, 0.6) is 0 Å². The fraction of sp³-hybridized carbons (Fsp3) is 0.167. The Labute approximate surface area is 197 Å². The Morgan fingerprint density at radius 1 is 1.15 bits per heavy atom. The lowest BCUT2D eigenvalue weighted by atomic mass is 10.1. The van der Waals surface area contributed by atoms with Gasteiger partial charge in [-0.3, -0.25) is 9.59 Å². The summed E-state index contributed by atoms with van der Waals surface area (Å²) in [5.74, 6) is -0.128. The van der Waals surface area contributed by atoms with Crippen LogP contribution in [0, 0.1) is 6.92 Å². The number of thiazole rings is 1. The molecular weight excluding hydrogens is 454 g/mol. The maximum atomic E-state index is 12.9. The van der Waals surface area contributed by atoms with E-state index in [-0.39, 0.29) is 17.5 Å². The van der Waals surface area contributed by atoms with Crippen LogP contribution in [0.4, 0.5) is 10.8 Å². The fourth-order valence-electron chi connectivity index (χ4n) is 3.76. The highest BCUT2D eigenvalue weighted by Gasteiger charge is 2.14. The quantitative estimate of drug-likeness (QED) is 0.369. The van der Waals surface area contributed by atoms with Gasteiger partial charge in [0.15, 0.2) is 0 Å². The molecule has 9 heteroatoms. The fourth-order valence-corrected chi connectivity index (χ4v) is 5.41. The van der Waals surface area contributed by atoms with E-state index in [1.807, 2.05) is 50.2 Å². The highest BCUT2D eigenvalue weighted by atomic mass is 32.1. The van der Waals surface area contributed by atoms with Gasteiger partial charge >= 0.3 is 0 Å². The third-order valence-corrected chi connectivity index (χ3v) is 6.85. The summed E-state index contributed by atoms with van der Waals surface area (Å²) in [6, 6.07) is 17.6. The zero-order chi connectivity index (χ0) is 22.9. The van der Waals surface area contributed by atoms with Crippen LogP contribution in [0.2, 0.25) is 0 Å². The second kappa shape index (κ2) is 8.76. The monoisotopic (exact) mass is 475 g/mol. The Balaban J connectivity index is 1.35. The molecule has 0 aliphatic heterocycles. The lowest BCUT2D eigenvalue weighted by Crippen LogP contribution is -2.34. The van der Waals surface area contributed by atoms with E-state index in [0.717, 1.165) is 27.2 Å². The maximum Gasteiger partial charge on any atom is 0.299 e. The van der Waals surface area contributed by atoms with Crippen molar-refractivity contribution in [1.82, 2.24) is 19.9 Å². The zero-order valence-electron chi connectivity index (χ0n) is 18.0. The minimum atomic E-state index is -0.232. The van der Waals surface area contributed by atoms with Crippen molar-refractivity contribution in [3.05, 3.63) is 87.2 Å². The van der Waals surface area contributed by atoms with Crippen LogP contribution in [0.3, 0.4) is 0 Å². The lowest BCUT2D eigenvalue weighted by Gasteiger charge is -2.15. The summed E-state index contributed by atoms with van der Waals surface area (Å²) in [6.45, 7) is 3.94. The van der Waals surface area contributed by atoms with E-state index < -0.39 is 0 Å². The molecule has 2 aromatic carbocycles. The number of nitrogens with zero attached hydrogens (tertiary/aromatic N) is 3. The van der Waals surface area contributed by atoms with E-state index in [9.17, 15) is 9.59 Å². The summed E-state index contributed by atoms with van der Waals surface area (Å²) in [5, 5.41) is 11.3. The number of anilines is 2. The van der Waals surface area contributed by atoms with Crippen molar-refractivity contribution in [2.75, 3.05) is 5.32 Å². The maximum absolute atomic E-state index is 12.9. The molecule has 0 spiro atoms. The Kier molecular flexibility index (Phi) is 5.65. The molecule has 2 N–H and O–H groups in total. The highest BCUT2D eigenvalue weighted by molar-refractivity contribution is 7.21. The second-order valence-corrected chi connectivity index (χ2v) is 9.84. The molecule has 0 fully saturated rings. The van der Waals surface area contributed by atoms with E-state index in [1.54, 1.807) is 11.6 Å². The van der Waals surface area contributed by atoms with Crippen LogP contribution < -0.4 is 16.2 Å². The Hall–Kier alpha value is -3.56. The number of aryl methyl sites for hydroxylation is 1. The van der Waals surface area contributed by atoms with Gasteiger partial charge in [-0.1, -0.05) is 41.7 Å². The van der Waals surface area contributed by atoms with Gasteiger partial charge in [0, 0.05) is 17.3 Å². The third-order valence-electron chi connectivity index (χ3n) is 5.20. The number of fused-ring (bicyclic) bond motifs is 2. The number of amides is 1. The molecule has 5 rings (SSSR count). The van der Waals surface area contributed by atoms with Crippen LogP contribution in [-0.4, -0.2) is 26.5 Å². The summed E-state index contributed by atoms with van der Waals surface area (Å²) >= 11 is 2.81. The first kappa shape index (κ1) is 21.3. The highest BCUT2D eigenvalue weighted by Crippen LogP contribution is 2.26. The summed E-state index contributed by atoms with van der Waals surface area (Å²) in [4.78, 5) is 30.4. The van der Waals surface area contributed by atoms with Crippen molar-refractivity contribution in [2.24, 2.45) is 0 Å². The molecule has 3 heterocycles. The van der Waals surface area contributed by atoms with Crippen LogP contribution in [0.1, 0.15) is 28.4 Å². The molecule has 0 saturated carbocycles. The van der Waals surface area contributed by atoms with E-state index >= 15 is 0 Å². The Morgan fingerprint density at radius 3 is 2.79 bits per heavy atom. The summed E-state index contributed by atoms with van der Waals surface area (Å²) in [7, 11) is 0. The average Bonchev–Trinajstić information content (AvgIpc) is 3.41. The minimum absolute atomic E-state index is 0.00422. The molecule has 166 valence electrons. The predicted molar refractivity (Wildman–Crippen MR) is 134 cm³/mol. The number of hydrogen-bond acceptors (Lipinski definition) is 7. The van der Waals surface area contributed by atoms with E-state index in [0.29, 0.717) is 16.2 Å². The number of pyridine rings is 1. The number of benzene rings is 2. The number of nitrogens with one attached hydrogen (secondary N) is 2. The van der Waals surface area contributed by atoms with Crippen LogP contribution in [-0.2, 0) is 6.42 Å². The van der Waals surface area contributed by atoms with Crippen molar-refractivity contribution in [1.29, 1.82) is 0 Å². The van der Waals surface area contributed by atoms with Crippen molar-refractivity contribution >= 4 is 54.4 Å². The average molecular weight is 476 g/mol. The first-order chi connectivity index (χ1) is 16.0. The number of rotatable bonds is 6. The van der Waals surface area contributed by atoms with Crippen molar-refractivity contribution in [2.45, 2.75) is 26.3 Å². The number of carbonyl (C=O) groups excluding carboxylic acids is 1. The molecule has 5 aromatic rings. The molecular formula is C24H21N5O2S2. The standard InChI is InChI=1S/C24H21N5O2S2/c1-14-8-17(22(30)26-15(2)10-16-6-4-3-5-7-16)11-18(9-14)27-24-28-29-20(33-24)12-19-21(23(29)31)25-13-32-19/h3-9,11-13,15H,10H2,1-2H3,(H,26,30)(H,27,28). The van der Waals surface area contributed by atoms with E-state index in [2.05, 4.69) is 32.8 Å². The van der Waals surface area contributed by atoms with Crippen molar-refractivity contribution in [3.63, 3.8) is 0 Å². The van der Waals surface area contributed by atoms with Crippen LogP contribution in [0.25, 0.3) is 15.0 Å². The summed E-state index contributed by atoms with van der Waals surface area (Å²) in [6.07, 6.45) is 0.760. The Bertz CT molecular complexity index is 1520. The van der Waals surface area contributed by atoms with Crippen LogP contribution >= 0.6 is 22.7 Å². The molecule has 33 heavy (non-hydrogen) atoms. The summed E-state index contributed by atoms with van der Waals surface area (Å²) in [5.41, 5.74) is 5.29. The largest absolute Gasteiger partial charge is 0.349 e. The molecule has 1 atom stereocenters. The van der Waals surface area contributed by atoms with Gasteiger partial charge < -0.3 is 10.6 Å². The molecule has 3 aromatic heterocycles. The van der Waals surface area contributed by atoms with Gasteiger partial charge in [0.25, 0.3) is 11.5 Å². The van der Waals surface area contributed by atoms with Gasteiger partial charge in [-0.25, -0.2) is 4.98 Å². The molecule has 0 aliphatic carbocycles. The van der Waals surface area contributed by atoms with Gasteiger partial charge in [0.1, 0.15) is 10.3 Å². The van der Waals surface area contributed by atoms with Crippen molar-refractivity contribution < 1.29 is 4.79 Å². The number of carbonyl (C=O) groups is 1. The second-order valence-electron chi connectivity index (χ2n) is 7.95. The lowest BCUT2D eigenvalue weighted by molar-refractivity contribution is 0.0940. The smallest absolute Gasteiger partial charge is 0.299 e. The number of hydrogen-bond donors (Lipinski definition) is 2. The first-order valence-electron chi connectivity index (χ1n) is 10.5. The molecule has 7 nitrogen and oxygen atoms in total. The predicted octanol–water partition coefficient (Wildman–Crippen LogP) is 4.78. The van der Waals surface area contributed by atoms with Gasteiger partial charge in [-0.2, -0.15) is 4.52 Å². The van der Waals surface area contributed by atoms with E-state index in [4.69, 9.17) is 0 Å². The molecule has 0 aliphatic rings. The van der Waals surface area contributed by atoms with Gasteiger partial charge in [-0.05, 0) is 55.7 Å². The zero-order valence-corrected chi connectivity index (χ0v) is 19.7. The molecule has 0 radical (unpaired) electrons. The van der Waals surface area contributed by atoms with Crippen LogP contribution in [0.15, 0.2) is 64.9 Å². The van der Waals surface area contributed by atoms with E-state index in [1.165, 1.54) is 32.8 Å². The third kappa shape index (κ3) is 4.50. The topological polar surface area (TPSA) is 88.4 Å². The number of aromatic nitrogens is 3. The Morgan fingerprint density at radius 2 is 1.97 bits per heavy atom. The molecule has 1 amide bonds. The van der Waals surface area contributed by atoms with Gasteiger partial charge in [0.2, 0.25) is 5.13 Å². The summed E-state index contributed by atoms with van der Waals surface area (Å²) < 4.78 is 2.21. The van der Waals surface area contributed by atoms with Gasteiger partial charge in [-0.15, -0.1) is 16.4 Å². The van der Waals surface area contributed by atoms with Gasteiger partial charge in [0.05, 0.1) is 10.2 Å². The molecule has 0 saturated heterocycles. The first-order valence-corrected chi connectivity index (χ1v) is 12.2.